The van der Waals surface area contributed by atoms with Crippen molar-refractivity contribution in [3.05, 3.63) is 0 Å². The van der Waals surface area contributed by atoms with E-state index in [-0.39, 0.29) is 6.61 Å². The highest BCUT2D eigenvalue weighted by Crippen LogP contribution is 2.37. The van der Waals surface area contributed by atoms with E-state index in [1.165, 1.54) is 20.8 Å². The molecule has 12 N–H and O–H groups in total. The summed E-state index contributed by atoms with van der Waals surface area (Å²) in [6.07, 6.45) is -39.3. The number of carbonyl (C=O) groups is 2. The molecule has 5 heterocycles. The second-order valence-corrected chi connectivity index (χ2v) is 16.1. The molecule has 5 fully saturated rings. The van der Waals surface area contributed by atoms with Crippen molar-refractivity contribution in [1.29, 1.82) is 0 Å². The minimum absolute atomic E-state index is 0.158. The number of amides is 1. The van der Waals surface area contributed by atoms with E-state index < -0.39 is 179 Å². The molecular weight excluding hydrogens is 842 g/mol. The molecule has 5 rings (SSSR count). The second-order valence-electron chi connectivity index (χ2n) is 16.1. The first-order chi connectivity index (χ1) is 29.2. The van der Waals surface area contributed by atoms with Gasteiger partial charge in [0, 0.05) is 20.5 Å². The number of hydrogen-bond donors (Lipinski definition) is 12. The highest BCUT2D eigenvalue weighted by molar-refractivity contribution is 5.73. The number of esters is 1. The predicted molar refractivity (Wildman–Crippen MR) is 197 cm³/mol. The Balaban J connectivity index is 1.55. The van der Waals surface area contributed by atoms with Crippen LogP contribution in [0.15, 0.2) is 0 Å². The van der Waals surface area contributed by atoms with Crippen molar-refractivity contribution >= 4 is 11.9 Å². The average molecular weight is 906 g/mol. The Bertz CT molecular complexity index is 1430. The normalized spacial score (nSPS) is 49.0. The quantitative estimate of drug-likeness (QED) is 0.0680. The fourth-order valence-electron chi connectivity index (χ4n) is 7.86. The van der Waals surface area contributed by atoms with Crippen LogP contribution in [0.3, 0.4) is 0 Å². The van der Waals surface area contributed by atoms with Crippen molar-refractivity contribution in [1.82, 2.24) is 5.32 Å². The van der Waals surface area contributed by atoms with Crippen molar-refractivity contribution in [2.24, 2.45) is 0 Å². The van der Waals surface area contributed by atoms with Crippen molar-refractivity contribution in [3.8, 4) is 0 Å². The number of nitrogens with one attached hydrogen (secondary N) is 1. The van der Waals surface area contributed by atoms with Gasteiger partial charge in [-0.15, -0.1) is 0 Å². The van der Waals surface area contributed by atoms with Gasteiger partial charge in [-0.3, -0.25) is 9.59 Å². The van der Waals surface area contributed by atoms with Gasteiger partial charge >= 0.3 is 5.97 Å². The van der Waals surface area contributed by atoms with Gasteiger partial charge in [0.1, 0.15) is 97.6 Å². The van der Waals surface area contributed by atoms with E-state index in [1.807, 2.05) is 6.92 Å². The van der Waals surface area contributed by atoms with Crippen LogP contribution in [0.1, 0.15) is 48.0 Å². The fraction of sp³-hybridized carbons (Fsp3) is 0.946. The van der Waals surface area contributed by atoms with Crippen LogP contribution in [0, 0.1) is 0 Å². The van der Waals surface area contributed by atoms with Crippen molar-refractivity contribution in [2.75, 3.05) is 19.8 Å². The van der Waals surface area contributed by atoms with Crippen LogP contribution in [0.5, 0.6) is 0 Å². The lowest BCUT2D eigenvalue weighted by Gasteiger charge is -2.51. The van der Waals surface area contributed by atoms with E-state index in [1.54, 1.807) is 0 Å². The monoisotopic (exact) mass is 905 g/mol. The standard InChI is InChI=1S/C37H63NO24/c1-7-8-52-35-31(56-15(6)42)28(20(44)12(3)53-35)60-36-30(26(50)19(43)11(2)54-36)61-37-32(62-33-18(38-14(5)41)24(48)22(46)16(9-39)57-33)29(21(45)13(4)55-37)59-34-27(51)25(49)23(47)17(10-40)58-34/h11-13,16-37,39-40,43-51H,7-10H2,1-6H3,(H,38,41)/t11-,12-,13-,16+,17+,18+,19-,20-,21-,22+,23+,24+,25-,26+,27+,28+,29+,30+,31+,32+,33-,34+,35+,36-,37-/m0/s1. The third kappa shape index (κ3) is 11.2. The minimum Gasteiger partial charge on any atom is -0.454 e. The average Bonchev–Trinajstić information content (AvgIpc) is 3.22. The van der Waals surface area contributed by atoms with Crippen LogP contribution in [-0.2, 0) is 61.7 Å². The van der Waals surface area contributed by atoms with Crippen LogP contribution in [0.4, 0.5) is 0 Å². The first-order valence-corrected chi connectivity index (χ1v) is 20.5. The summed E-state index contributed by atoms with van der Waals surface area (Å²) >= 11 is 0. The number of aliphatic hydroxyl groups excluding tert-OH is 11. The van der Waals surface area contributed by atoms with Gasteiger partial charge in [-0.1, -0.05) is 6.92 Å². The highest BCUT2D eigenvalue weighted by atomic mass is 16.8. The largest absolute Gasteiger partial charge is 0.454 e. The van der Waals surface area contributed by atoms with Gasteiger partial charge in [-0.05, 0) is 27.2 Å². The first kappa shape index (κ1) is 51.1. The lowest BCUT2D eigenvalue weighted by atomic mass is 9.95. The minimum atomic E-state index is -2.02. The van der Waals surface area contributed by atoms with Crippen LogP contribution in [0.2, 0.25) is 0 Å². The molecule has 0 aromatic carbocycles. The molecule has 62 heavy (non-hydrogen) atoms. The van der Waals surface area contributed by atoms with Gasteiger partial charge in [0.05, 0.1) is 31.5 Å². The maximum Gasteiger partial charge on any atom is 0.303 e. The van der Waals surface area contributed by atoms with E-state index in [0.717, 1.165) is 13.8 Å². The lowest BCUT2D eigenvalue weighted by molar-refractivity contribution is -0.408. The van der Waals surface area contributed by atoms with Crippen LogP contribution in [0.25, 0.3) is 0 Å². The zero-order valence-electron chi connectivity index (χ0n) is 35.0. The summed E-state index contributed by atoms with van der Waals surface area (Å²) in [6, 6.07) is -1.60. The SMILES string of the molecule is CCCO[C@@H]1O[C@@H](C)[C@H](O)[C@@H](O[C@@H]2O[C@@H](C)[C@H](O)[C@@H](O)[C@H]2O[C@@H]2O[C@@H](C)[C@H](O)[C@@H](O[C@H]3O[C@H](CO)[C@@H](O)[C@H](O)[C@H]3O)[C@H]2O[C@@H]2O[C@H](CO)[C@@H](O)[C@H](O)[C@H]2NC(C)=O)[C@H]1OC(C)=O. The van der Waals surface area contributed by atoms with E-state index in [2.05, 4.69) is 5.32 Å². The molecule has 5 aliphatic rings. The van der Waals surface area contributed by atoms with E-state index >= 15 is 0 Å². The van der Waals surface area contributed by atoms with E-state index in [0.29, 0.717) is 6.42 Å². The molecule has 0 unspecified atom stereocenters. The molecule has 1 amide bonds. The predicted octanol–water partition coefficient (Wildman–Crippen LogP) is -6.69. The Morgan fingerprint density at radius 3 is 1.52 bits per heavy atom. The van der Waals surface area contributed by atoms with Gasteiger partial charge < -0.3 is 114 Å². The molecule has 0 saturated carbocycles. The molecule has 5 saturated heterocycles. The number of ether oxygens (including phenoxy) is 11. The van der Waals surface area contributed by atoms with Gasteiger partial charge in [-0.2, -0.15) is 0 Å². The van der Waals surface area contributed by atoms with E-state index in [4.69, 9.17) is 52.1 Å². The molecule has 0 aromatic rings. The molecule has 0 radical (unpaired) electrons. The molecule has 5 aliphatic heterocycles. The Morgan fingerprint density at radius 1 is 0.500 bits per heavy atom. The Hall–Kier alpha value is -1.90. The summed E-state index contributed by atoms with van der Waals surface area (Å²) in [5.74, 6) is -1.53. The first-order valence-electron chi connectivity index (χ1n) is 20.5. The summed E-state index contributed by atoms with van der Waals surface area (Å²) in [6.45, 7) is 6.69. The number of carbonyl (C=O) groups excluding carboxylic acids is 2. The van der Waals surface area contributed by atoms with Crippen LogP contribution in [-0.4, -0.2) is 241 Å². The topological polar surface area (TPSA) is 370 Å². The van der Waals surface area contributed by atoms with Gasteiger partial charge in [0.15, 0.2) is 37.6 Å². The maximum atomic E-state index is 12.3. The Labute approximate surface area is 356 Å². The molecule has 0 bridgehead atoms. The molecule has 25 atom stereocenters. The molecule has 25 nitrogen and oxygen atoms in total. The summed E-state index contributed by atoms with van der Waals surface area (Å²) in [7, 11) is 0. The fourth-order valence-corrected chi connectivity index (χ4v) is 7.86. The highest BCUT2D eigenvalue weighted by Gasteiger charge is 2.57. The maximum absolute atomic E-state index is 12.3. The zero-order chi connectivity index (χ0) is 45.9. The van der Waals surface area contributed by atoms with Crippen molar-refractivity contribution in [3.63, 3.8) is 0 Å². The summed E-state index contributed by atoms with van der Waals surface area (Å²) in [4.78, 5) is 24.6. The van der Waals surface area contributed by atoms with Gasteiger partial charge in [-0.25, -0.2) is 0 Å². The molecule has 0 spiro atoms. The number of rotatable bonds is 15. The molecule has 25 heteroatoms. The Morgan fingerprint density at radius 2 is 0.968 bits per heavy atom. The van der Waals surface area contributed by atoms with Crippen LogP contribution >= 0.6 is 0 Å². The molecule has 360 valence electrons. The third-order valence-electron chi connectivity index (χ3n) is 11.4. The number of aliphatic hydroxyl groups is 11. The van der Waals surface area contributed by atoms with Crippen LogP contribution < -0.4 is 5.32 Å². The smallest absolute Gasteiger partial charge is 0.303 e. The van der Waals surface area contributed by atoms with Crippen molar-refractivity contribution < 1.29 is 118 Å². The third-order valence-corrected chi connectivity index (χ3v) is 11.4. The zero-order valence-corrected chi connectivity index (χ0v) is 35.0. The second kappa shape index (κ2) is 22.1. The van der Waals surface area contributed by atoms with Crippen molar-refractivity contribution in [2.45, 2.75) is 201 Å². The molecule has 0 aromatic heterocycles. The summed E-state index contributed by atoms with van der Waals surface area (Å²) < 4.78 is 65.3. The summed E-state index contributed by atoms with van der Waals surface area (Å²) in [5.41, 5.74) is 0. The van der Waals surface area contributed by atoms with Gasteiger partial charge in [0.25, 0.3) is 0 Å². The van der Waals surface area contributed by atoms with Gasteiger partial charge in [0.2, 0.25) is 5.91 Å². The molecular formula is C37H63NO24. The lowest BCUT2D eigenvalue weighted by Crippen LogP contribution is -2.69. The number of hydrogen-bond acceptors (Lipinski definition) is 24. The van der Waals surface area contributed by atoms with E-state index in [9.17, 15) is 65.8 Å². The summed E-state index contributed by atoms with van der Waals surface area (Å²) in [5, 5.41) is 121. The Kier molecular flexibility index (Phi) is 18.2. The molecule has 0 aliphatic carbocycles.